The van der Waals surface area contributed by atoms with E-state index in [1.54, 1.807) is 24.3 Å². The van der Waals surface area contributed by atoms with E-state index in [-0.39, 0.29) is 17.1 Å². The third-order valence-corrected chi connectivity index (χ3v) is 9.35. The van der Waals surface area contributed by atoms with Gasteiger partial charge in [-0.1, -0.05) is 24.6 Å². The van der Waals surface area contributed by atoms with Gasteiger partial charge < -0.3 is 4.90 Å². The summed E-state index contributed by atoms with van der Waals surface area (Å²) in [5, 5.41) is -0.362. The molecule has 0 aromatic heterocycles. The Kier molecular flexibility index (Phi) is 4.84. The number of hydrogen-bond donors (Lipinski definition) is 0. The number of carbonyl (C=O) groups excluding carboxylic acids is 1. The zero-order valence-electron chi connectivity index (χ0n) is 15.4. The van der Waals surface area contributed by atoms with Crippen molar-refractivity contribution in [2.45, 2.75) is 67.9 Å². The van der Waals surface area contributed by atoms with Gasteiger partial charge in [-0.2, -0.15) is 0 Å². The summed E-state index contributed by atoms with van der Waals surface area (Å²) < 4.78 is 25.5. The molecule has 4 nitrogen and oxygen atoms in total. The van der Waals surface area contributed by atoms with E-state index in [4.69, 9.17) is 0 Å². The summed E-state index contributed by atoms with van der Waals surface area (Å²) in [6.07, 6.45) is 9.67. The van der Waals surface area contributed by atoms with Crippen molar-refractivity contribution < 1.29 is 13.2 Å². The molecule has 26 heavy (non-hydrogen) atoms. The fourth-order valence-corrected chi connectivity index (χ4v) is 6.85. The molecule has 0 bridgehead atoms. The summed E-state index contributed by atoms with van der Waals surface area (Å²) in [6, 6.07) is 8.71. The molecular formula is C21H29NO3S. The molecule has 2 aliphatic carbocycles. The van der Waals surface area contributed by atoms with Gasteiger partial charge in [-0.3, -0.25) is 4.79 Å². The molecule has 0 N–H and O–H groups in total. The van der Waals surface area contributed by atoms with Crippen LogP contribution in [-0.4, -0.2) is 37.6 Å². The molecular weight excluding hydrogens is 346 g/mol. The topological polar surface area (TPSA) is 54.5 Å². The lowest BCUT2D eigenvalue weighted by molar-refractivity contribution is -0.138. The SMILES string of the molecule is O=C(C1CCC2(CCC2)CC1)N1CCC(S(=O)(=O)c2ccccc2)CC1. The molecule has 3 aliphatic rings. The molecule has 142 valence electrons. The van der Waals surface area contributed by atoms with E-state index in [1.807, 2.05) is 11.0 Å². The van der Waals surface area contributed by atoms with E-state index in [2.05, 4.69) is 0 Å². The van der Waals surface area contributed by atoms with Crippen LogP contribution in [0.25, 0.3) is 0 Å². The smallest absolute Gasteiger partial charge is 0.225 e. The standard InChI is InChI=1S/C21H29NO3S/c23-20(17-7-13-21(14-8-17)11-4-12-21)22-15-9-19(10-16-22)26(24,25)18-5-2-1-3-6-18/h1-3,5-6,17,19H,4,7-16H2. The summed E-state index contributed by atoms with van der Waals surface area (Å²) in [7, 11) is -3.29. The lowest BCUT2D eigenvalue weighted by atomic mass is 9.59. The Balaban J connectivity index is 1.33. The zero-order valence-corrected chi connectivity index (χ0v) is 16.2. The lowest BCUT2D eigenvalue weighted by Gasteiger charge is -2.47. The summed E-state index contributed by atoms with van der Waals surface area (Å²) >= 11 is 0. The highest BCUT2D eigenvalue weighted by Gasteiger charge is 2.42. The van der Waals surface area contributed by atoms with E-state index in [1.165, 1.54) is 32.1 Å². The van der Waals surface area contributed by atoms with Crippen LogP contribution in [0.5, 0.6) is 0 Å². The number of piperidine rings is 1. The quantitative estimate of drug-likeness (QED) is 0.807. The number of carbonyl (C=O) groups is 1. The van der Waals surface area contributed by atoms with Crippen LogP contribution in [0.2, 0.25) is 0 Å². The summed E-state index contributed by atoms with van der Waals surface area (Å²) in [5.74, 6) is 0.443. The van der Waals surface area contributed by atoms with Crippen LogP contribution < -0.4 is 0 Å². The molecule has 2 saturated carbocycles. The minimum absolute atomic E-state index is 0.170. The Morgan fingerprint density at radius 1 is 0.923 bits per heavy atom. The Bertz CT molecular complexity index is 737. The van der Waals surface area contributed by atoms with E-state index in [9.17, 15) is 13.2 Å². The predicted molar refractivity (Wildman–Crippen MR) is 101 cm³/mol. The van der Waals surface area contributed by atoms with Crippen molar-refractivity contribution in [2.75, 3.05) is 13.1 Å². The minimum Gasteiger partial charge on any atom is -0.342 e. The monoisotopic (exact) mass is 375 g/mol. The normalized spacial score (nSPS) is 24.4. The van der Waals surface area contributed by atoms with Crippen LogP contribution in [0.1, 0.15) is 57.8 Å². The van der Waals surface area contributed by atoms with Gasteiger partial charge in [0.1, 0.15) is 0 Å². The van der Waals surface area contributed by atoms with E-state index < -0.39 is 9.84 Å². The fraction of sp³-hybridized carbons (Fsp3) is 0.667. The fourth-order valence-electron chi connectivity index (χ4n) is 5.10. The van der Waals surface area contributed by atoms with Crippen LogP contribution in [0, 0.1) is 11.3 Å². The van der Waals surface area contributed by atoms with Crippen molar-refractivity contribution in [1.82, 2.24) is 4.90 Å². The first-order chi connectivity index (χ1) is 12.5. The van der Waals surface area contributed by atoms with Crippen molar-refractivity contribution in [2.24, 2.45) is 11.3 Å². The number of nitrogens with zero attached hydrogens (tertiary/aromatic N) is 1. The highest BCUT2D eigenvalue weighted by Crippen LogP contribution is 2.52. The van der Waals surface area contributed by atoms with Gasteiger partial charge in [-0.05, 0) is 68.9 Å². The van der Waals surface area contributed by atoms with Crippen LogP contribution >= 0.6 is 0 Å². The van der Waals surface area contributed by atoms with Crippen LogP contribution in [-0.2, 0) is 14.6 Å². The number of sulfone groups is 1. The first-order valence-electron chi connectivity index (χ1n) is 10.1. The lowest BCUT2D eigenvalue weighted by Crippen LogP contribution is -2.46. The molecule has 5 heteroatoms. The van der Waals surface area contributed by atoms with Crippen molar-refractivity contribution in [3.8, 4) is 0 Å². The maximum atomic E-state index is 12.9. The van der Waals surface area contributed by atoms with Crippen LogP contribution in [0.3, 0.4) is 0 Å². The number of rotatable bonds is 3. The molecule has 0 radical (unpaired) electrons. The molecule has 1 amide bonds. The van der Waals surface area contributed by atoms with Gasteiger partial charge in [0.25, 0.3) is 0 Å². The Hall–Kier alpha value is -1.36. The summed E-state index contributed by atoms with van der Waals surface area (Å²) in [5.41, 5.74) is 0.577. The molecule has 1 aromatic carbocycles. The van der Waals surface area contributed by atoms with Gasteiger partial charge in [0, 0.05) is 19.0 Å². The van der Waals surface area contributed by atoms with Crippen molar-refractivity contribution in [3.63, 3.8) is 0 Å². The average Bonchev–Trinajstić information content (AvgIpc) is 2.67. The first-order valence-corrected chi connectivity index (χ1v) is 11.6. The second-order valence-electron chi connectivity index (χ2n) is 8.51. The summed E-state index contributed by atoms with van der Waals surface area (Å²) in [4.78, 5) is 15.2. The largest absolute Gasteiger partial charge is 0.342 e. The number of likely N-dealkylation sites (tertiary alicyclic amines) is 1. The van der Waals surface area contributed by atoms with E-state index in [0.717, 1.165) is 12.8 Å². The second-order valence-corrected chi connectivity index (χ2v) is 10.7. The van der Waals surface area contributed by atoms with E-state index >= 15 is 0 Å². The molecule has 1 heterocycles. The molecule has 3 fully saturated rings. The number of amides is 1. The van der Waals surface area contributed by atoms with Crippen molar-refractivity contribution in [1.29, 1.82) is 0 Å². The molecule has 0 unspecified atom stereocenters. The van der Waals surface area contributed by atoms with Crippen molar-refractivity contribution in [3.05, 3.63) is 30.3 Å². The average molecular weight is 376 g/mol. The van der Waals surface area contributed by atoms with Crippen molar-refractivity contribution >= 4 is 15.7 Å². The van der Waals surface area contributed by atoms with Gasteiger partial charge in [0.2, 0.25) is 5.91 Å². The second kappa shape index (κ2) is 6.99. The van der Waals surface area contributed by atoms with Gasteiger partial charge in [0.05, 0.1) is 10.1 Å². The zero-order chi connectivity index (χ0) is 18.2. The molecule has 1 spiro atoms. The van der Waals surface area contributed by atoms with Crippen LogP contribution in [0.15, 0.2) is 35.2 Å². The molecule has 1 aliphatic heterocycles. The number of hydrogen-bond acceptors (Lipinski definition) is 3. The van der Waals surface area contributed by atoms with Gasteiger partial charge in [0.15, 0.2) is 9.84 Å². The third-order valence-electron chi connectivity index (χ3n) is 7.07. The Morgan fingerprint density at radius 2 is 1.54 bits per heavy atom. The number of benzene rings is 1. The molecule has 4 rings (SSSR count). The minimum atomic E-state index is -3.29. The predicted octanol–water partition coefficient (Wildman–Crippen LogP) is 3.81. The Morgan fingerprint density at radius 3 is 2.08 bits per heavy atom. The van der Waals surface area contributed by atoms with Gasteiger partial charge in [-0.25, -0.2) is 8.42 Å². The summed E-state index contributed by atoms with van der Waals surface area (Å²) in [6.45, 7) is 1.16. The molecule has 1 aromatic rings. The highest BCUT2D eigenvalue weighted by atomic mass is 32.2. The van der Waals surface area contributed by atoms with Gasteiger partial charge in [-0.15, -0.1) is 0 Å². The molecule has 0 atom stereocenters. The Labute approximate surface area is 156 Å². The van der Waals surface area contributed by atoms with Crippen LogP contribution in [0.4, 0.5) is 0 Å². The van der Waals surface area contributed by atoms with Gasteiger partial charge >= 0.3 is 0 Å². The molecule has 1 saturated heterocycles. The first kappa shape index (κ1) is 18.0. The highest BCUT2D eigenvalue weighted by molar-refractivity contribution is 7.92. The third kappa shape index (κ3) is 3.30. The maximum absolute atomic E-state index is 12.9. The van der Waals surface area contributed by atoms with E-state index in [0.29, 0.717) is 36.2 Å². The maximum Gasteiger partial charge on any atom is 0.225 e.